The van der Waals surface area contributed by atoms with E-state index in [2.05, 4.69) is 10.6 Å². The maximum absolute atomic E-state index is 11.8. The van der Waals surface area contributed by atoms with E-state index in [1.807, 2.05) is 45.0 Å². The van der Waals surface area contributed by atoms with E-state index >= 15 is 0 Å². The minimum absolute atomic E-state index is 0.208. The number of carbonyl (C=O) groups excluding carboxylic acids is 1. The second-order valence-corrected chi connectivity index (χ2v) is 6.96. The van der Waals surface area contributed by atoms with Gasteiger partial charge in [-0.25, -0.2) is 4.79 Å². The number of nitrogen functional groups attached to an aromatic ring is 1. The Hall–Kier alpha value is -1.91. The quantitative estimate of drug-likeness (QED) is 0.747. The Bertz CT molecular complexity index is 486. The van der Waals surface area contributed by atoms with Gasteiger partial charge < -0.3 is 21.1 Å². The van der Waals surface area contributed by atoms with Crippen LogP contribution in [0, 0.1) is 0 Å². The molecule has 5 nitrogen and oxygen atoms in total. The van der Waals surface area contributed by atoms with Crippen LogP contribution < -0.4 is 16.4 Å². The summed E-state index contributed by atoms with van der Waals surface area (Å²) in [6, 6.07) is 8.45. The largest absolute Gasteiger partial charge is 0.444 e. The molecular weight excluding hydrogens is 278 g/mol. The topological polar surface area (TPSA) is 76.4 Å². The van der Waals surface area contributed by atoms with Crippen LogP contribution in [0.2, 0.25) is 0 Å². The van der Waals surface area contributed by atoms with Crippen molar-refractivity contribution in [1.82, 2.24) is 5.32 Å². The third-order valence-corrected chi connectivity index (χ3v) is 3.73. The molecule has 1 aromatic carbocycles. The number of hydrogen-bond acceptors (Lipinski definition) is 4. The van der Waals surface area contributed by atoms with Gasteiger partial charge in [-0.15, -0.1) is 0 Å². The molecule has 1 saturated carbocycles. The molecular formula is C17H27N3O2. The van der Waals surface area contributed by atoms with E-state index < -0.39 is 5.60 Å². The molecule has 0 heterocycles. The highest BCUT2D eigenvalue weighted by atomic mass is 16.6. The minimum atomic E-state index is -0.446. The minimum Gasteiger partial charge on any atom is -0.444 e. The van der Waals surface area contributed by atoms with Crippen molar-refractivity contribution in [2.75, 3.05) is 11.1 Å². The van der Waals surface area contributed by atoms with E-state index in [4.69, 9.17) is 10.5 Å². The second kappa shape index (κ2) is 6.90. The van der Waals surface area contributed by atoms with Crippen molar-refractivity contribution in [3.63, 3.8) is 0 Å². The maximum Gasteiger partial charge on any atom is 0.407 e. The van der Waals surface area contributed by atoms with Crippen LogP contribution in [0.3, 0.4) is 0 Å². The molecule has 22 heavy (non-hydrogen) atoms. The molecule has 5 heteroatoms. The zero-order chi connectivity index (χ0) is 16.2. The van der Waals surface area contributed by atoms with Crippen LogP contribution in [0.1, 0.15) is 46.5 Å². The monoisotopic (exact) mass is 305 g/mol. The Kier molecular flexibility index (Phi) is 5.16. The fourth-order valence-corrected chi connectivity index (χ4v) is 2.67. The normalized spacial score (nSPS) is 22.0. The van der Waals surface area contributed by atoms with E-state index in [-0.39, 0.29) is 12.1 Å². The first-order valence-corrected chi connectivity index (χ1v) is 7.93. The van der Waals surface area contributed by atoms with Gasteiger partial charge >= 0.3 is 6.09 Å². The zero-order valence-corrected chi connectivity index (χ0v) is 13.7. The molecule has 0 spiro atoms. The van der Waals surface area contributed by atoms with Gasteiger partial charge in [0.25, 0.3) is 0 Å². The fourth-order valence-electron chi connectivity index (χ4n) is 2.67. The lowest BCUT2D eigenvalue weighted by molar-refractivity contribution is 0.0492. The van der Waals surface area contributed by atoms with Crippen LogP contribution >= 0.6 is 0 Å². The molecule has 2 rings (SSSR count). The van der Waals surface area contributed by atoms with Gasteiger partial charge in [0.05, 0.1) is 0 Å². The highest BCUT2D eigenvalue weighted by Crippen LogP contribution is 2.23. The summed E-state index contributed by atoms with van der Waals surface area (Å²) in [7, 11) is 0. The third-order valence-electron chi connectivity index (χ3n) is 3.73. The first-order valence-electron chi connectivity index (χ1n) is 7.93. The van der Waals surface area contributed by atoms with Crippen molar-refractivity contribution in [1.29, 1.82) is 0 Å². The number of amides is 1. The number of benzene rings is 1. The Morgan fingerprint density at radius 3 is 2.18 bits per heavy atom. The molecule has 122 valence electrons. The molecule has 1 aromatic rings. The zero-order valence-electron chi connectivity index (χ0n) is 13.7. The fraction of sp³-hybridized carbons (Fsp3) is 0.588. The molecule has 0 saturated heterocycles. The Morgan fingerprint density at radius 2 is 1.64 bits per heavy atom. The number of nitrogens with one attached hydrogen (secondary N) is 2. The van der Waals surface area contributed by atoms with Crippen LogP contribution in [-0.2, 0) is 4.74 Å². The van der Waals surface area contributed by atoms with Crippen LogP contribution in [0.15, 0.2) is 24.3 Å². The van der Waals surface area contributed by atoms with Crippen molar-refractivity contribution in [3.8, 4) is 0 Å². The number of alkyl carbamates (subject to hydrolysis) is 1. The summed E-state index contributed by atoms with van der Waals surface area (Å²) in [6.45, 7) is 5.63. The summed E-state index contributed by atoms with van der Waals surface area (Å²) >= 11 is 0. The van der Waals surface area contributed by atoms with Gasteiger partial charge in [-0.05, 0) is 70.7 Å². The summed E-state index contributed by atoms with van der Waals surface area (Å²) < 4.78 is 5.30. The first-order chi connectivity index (χ1) is 10.3. The third kappa shape index (κ3) is 5.47. The average molecular weight is 305 g/mol. The predicted molar refractivity (Wildman–Crippen MR) is 89.9 cm³/mol. The number of anilines is 2. The van der Waals surface area contributed by atoms with Gasteiger partial charge in [-0.3, -0.25) is 0 Å². The number of nitrogens with two attached hydrogens (primary N) is 1. The van der Waals surface area contributed by atoms with Crippen LogP contribution in [-0.4, -0.2) is 23.8 Å². The van der Waals surface area contributed by atoms with Crippen molar-refractivity contribution in [2.24, 2.45) is 0 Å². The molecule has 0 aromatic heterocycles. The standard InChI is InChI=1S/C17H27N3O2/c1-17(2,3)22-16(21)20-15-10-8-14(9-11-15)19-13-6-4-12(18)5-7-13/h4-7,14-15,19H,8-11,18H2,1-3H3,(H,20,21)/t14-,15+. The van der Waals surface area contributed by atoms with E-state index in [1.165, 1.54) is 0 Å². The highest BCUT2D eigenvalue weighted by Gasteiger charge is 2.24. The summed E-state index contributed by atoms with van der Waals surface area (Å²) in [6.07, 6.45) is 3.68. The number of carbonyl (C=O) groups is 1. The van der Waals surface area contributed by atoms with Crippen LogP contribution in [0.4, 0.5) is 16.2 Å². The van der Waals surface area contributed by atoms with Crippen molar-refractivity contribution < 1.29 is 9.53 Å². The average Bonchev–Trinajstić information content (AvgIpc) is 2.41. The maximum atomic E-state index is 11.8. The lowest BCUT2D eigenvalue weighted by Gasteiger charge is -2.31. The van der Waals surface area contributed by atoms with Crippen molar-refractivity contribution >= 4 is 17.5 Å². The Labute approximate surface area is 132 Å². The molecule has 1 aliphatic rings. The summed E-state index contributed by atoms with van der Waals surface area (Å²) in [5.41, 5.74) is 7.11. The van der Waals surface area contributed by atoms with Gasteiger partial charge in [0.2, 0.25) is 0 Å². The number of rotatable bonds is 3. The molecule has 1 amide bonds. The van der Waals surface area contributed by atoms with E-state index in [0.717, 1.165) is 37.1 Å². The number of ether oxygens (including phenoxy) is 1. The molecule has 0 aliphatic heterocycles. The molecule has 0 atom stereocenters. The smallest absolute Gasteiger partial charge is 0.407 e. The second-order valence-electron chi connectivity index (χ2n) is 6.96. The SMILES string of the molecule is CC(C)(C)OC(=O)N[C@H]1CC[C@@H](Nc2ccc(N)cc2)CC1. The van der Waals surface area contributed by atoms with Crippen molar-refractivity contribution in [3.05, 3.63) is 24.3 Å². The molecule has 1 fully saturated rings. The van der Waals surface area contributed by atoms with E-state index in [9.17, 15) is 4.79 Å². The summed E-state index contributed by atoms with van der Waals surface area (Å²) in [5, 5.41) is 6.48. The summed E-state index contributed by atoms with van der Waals surface area (Å²) in [4.78, 5) is 11.8. The number of hydrogen-bond donors (Lipinski definition) is 3. The van der Waals surface area contributed by atoms with Gasteiger partial charge in [-0.2, -0.15) is 0 Å². The van der Waals surface area contributed by atoms with Gasteiger partial charge in [0.15, 0.2) is 0 Å². The Balaban J connectivity index is 1.73. The van der Waals surface area contributed by atoms with E-state index in [1.54, 1.807) is 0 Å². The van der Waals surface area contributed by atoms with Crippen LogP contribution in [0.5, 0.6) is 0 Å². The highest BCUT2D eigenvalue weighted by molar-refractivity contribution is 5.68. The predicted octanol–water partition coefficient (Wildman–Crippen LogP) is 3.52. The molecule has 0 unspecified atom stereocenters. The first kappa shape index (κ1) is 16.5. The Morgan fingerprint density at radius 1 is 1.09 bits per heavy atom. The van der Waals surface area contributed by atoms with Crippen molar-refractivity contribution in [2.45, 2.75) is 64.1 Å². The lowest BCUT2D eigenvalue weighted by atomic mass is 9.91. The molecule has 4 N–H and O–H groups in total. The van der Waals surface area contributed by atoms with Gasteiger partial charge in [0, 0.05) is 23.5 Å². The van der Waals surface area contributed by atoms with E-state index in [0.29, 0.717) is 6.04 Å². The molecule has 0 radical (unpaired) electrons. The lowest BCUT2D eigenvalue weighted by Crippen LogP contribution is -2.42. The van der Waals surface area contributed by atoms with Gasteiger partial charge in [-0.1, -0.05) is 0 Å². The molecule has 1 aliphatic carbocycles. The molecule has 0 bridgehead atoms. The van der Waals surface area contributed by atoms with Crippen LogP contribution in [0.25, 0.3) is 0 Å². The summed E-state index contributed by atoms with van der Waals surface area (Å²) in [5.74, 6) is 0. The van der Waals surface area contributed by atoms with Gasteiger partial charge in [0.1, 0.15) is 5.60 Å².